The van der Waals surface area contributed by atoms with Crippen molar-refractivity contribution in [2.24, 2.45) is 0 Å². The molecule has 1 aromatic carbocycles. The maximum atomic E-state index is 12.5. The van der Waals surface area contributed by atoms with Crippen LogP contribution in [0.25, 0.3) is 0 Å². The predicted octanol–water partition coefficient (Wildman–Crippen LogP) is 2.46. The van der Waals surface area contributed by atoms with Crippen molar-refractivity contribution in [3.05, 3.63) is 29.8 Å². The van der Waals surface area contributed by atoms with Gasteiger partial charge >= 0.3 is 0 Å². The molecule has 1 aromatic rings. The number of benzene rings is 1. The SMILES string of the molecule is Cc1ccc(S(=O)(=O)C2CCCCCC2O)cc1. The van der Waals surface area contributed by atoms with Crippen molar-refractivity contribution in [2.75, 3.05) is 0 Å². The lowest BCUT2D eigenvalue weighted by Crippen LogP contribution is -2.33. The molecule has 2 unspecified atom stereocenters. The number of hydrogen-bond acceptors (Lipinski definition) is 3. The van der Waals surface area contributed by atoms with Crippen LogP contribution >= 0.6 is 0 Å². The Hall–Kier alpha value is -0.870. The van der Waals surface area contributed by atoms with Crippen LogP contribution in [0.2, 0.25) is 0 Å². The number of aliphatic hydroxyl groups is 1. The van der Waals surface area contributed by atoms with Crippen LogP contribution in [-0.2, 0) is 9.84 Å². The predicted molar refractivity (Wildman–Crippen MR) is 71.2 cm³/mol. The summed E-state index contributed by atoms with van der Waals surface area (Å²) in [5.74, 6) is 0. The quantitative estimate of drug-likeness (QED) is 0.838. The molecule has 1 aliphatic rings. The van der Waals surface area contributed by atoms with Crippen LogP contribution in [0, 0.1) is 6.92 Å². The van der Waals surface area contributed by atoms with Gasteiger partial charge in [0.25, 0.3) is 0 Å². The van der Waals surface area contributed by atoms with Crippen molar-refractivity contribution < 1.29 is 13.5 Å². The Morgan fingerprint density at radius 1 is 1.06 bits per heavy atom. The van der Waals surface area contributed by atoms with Crippen molar-refractivity contribution in [1.82, 2.24) is 0 Å². The summed E-state index contributed by atoms with van der Waals surface area (Å²) < 4.78 is 25.0. The van der Waals surface area contributed by atoms with E-state index in [-0.39, 0.29) is 0 Å². The highest BCUT2D eigenvalue weighted by Crippen LogP contribution is 2.28. The Bertz CT molecular complexity index is 490. The summed E-state index contributed by atoms with van der Waals surface area (Å²) in [6.45, 7) is 1.93. The molecule has 1 N–H and O–H groups in total. The summed E-state index contributed by atoms with van der Waals surface area (Å²) in [4.78, 5) is 0.332. The van der Waals surface area contributed by atoms with E-state index in [2.05, 4.69) is 0 Å². The fourth-order valence-electron chi connectivity index (χ4n) is 2.52. The summed E-state index contributed by atoms with van der Waals surface area (Å²) in [5.41, 5.74) is 1.04. The van der Waals surface area contributed by atoms with Crippen LogP contribution in [0.3, 0.4) is 0 Å². The van der Waals surface area contributed by atoms with E-state index in [1.54, 1.807) is 24.3 Å². The smallest absolute Gasteiger partial charge is 0.183 e. The topological polar surface area (TPSA) is 54.4 Å². The van der Waals surface area contributed by atoms with Gasteiger partial charge in [-0.3, -0.25) is 0 Å². The standard InChI is InChI=1S/C14H20O3S/c1-11-7-9-12(10-8-11)18(16,17)14-6-4-2-3-5-13(14)15/h7-10,13-15H,2-6H2,1H3. The van der Waals surface area contributed by atoms with Gasteiger partial charge in [-0.2, -0.15) is 0 Å². The van der Waals surface area contributed by atoms with Gasteiger partial charge in [0, 0.05) is 0 Å². The van der Waals surface area contributed by atoms with Gasteiger partial charge in [0.1, 0.15) is 0 Å². The van der Waals surface area contributed by atoms with Gasteiger partial charge in [-0.05, 0) is 31.9 Å². The molecule has 0 aromatic heterocycles. The number of aryl methyl sites for hydroxylation is 1. The zero-order valence-corrected chi connectivity index (χ0v) is 11.5. The third-order valence-electron chi connectivity index (χ3n) is 3.67. The molecule has 2 rings (SSSR count). The maximum absolute atomic E-state index is 12.5. The summed E-state index contributed by atoms with van der Waals surface area (Å²) in [7, 11) is -3.40. The van der Waals surface area contributed by atoms with E-state index in [4.69, 9.17) is 0 Å². The third-order valence-corrected chi connectivity index (χ3v) is 5.94. The van der Waals surface area contributed by atoms with Crippen molar-refractivity contribution in [1.29, 1.82) is 0 Å². The summed E-state index contributed by atoms with van der Waals surface area (Å²) in [5, 5.41) is 9.38. The van der Waals surface area contributed by atoms with Crippen molar-refractivity contribution in [2.45, 2.75) is 55.3 Å². The Morgan fingerprint density at radius 3 is 2.33 bits per heavy atom. The van der Waals surface area contributed by atoms with Crippen LogP contribution in [0.4, 0.5) is 0 Å². The molecule has 0 spiro atoms. The number of hydrogen-bond donors (Lipinski definition) is 1. The maximum Gasteiger partial charge on any atom is 0.183 e. The second kappa shape index (κ2) is 5.41. The van der Waals surface area contributed by atoms with E-state index in [0.717, 1.165) is 24.8 Å². The van der Waals surface area contributed by atoms with Crippen LogP contribution in [0.15, 0.2) is 29.2 Å². The second-order valence-corrected chi connectivity index (χ2v) is 7.27. The lowest BCUT2D eigenvalue weighted by Gasteiger charge is -2.20. The largest absolute Gasteiger partial charge is 0.392 e. The molecule has 100 valence electrons. The van der Waals surface area contributed by atoms with Crippen LogP contribution in [0.1, 0.15) is 37.7 Å². The van der Waals surface area contributed by atoms with Crippen LogP contribution in [-0.4, -0.2) is 24.9 Å². The monoisotopic (exact) mass is 268 g/mol. The first-order valence-electron chi connectivity index (χ1n) is 6.50. The minimum Gasteiger partial charge on any atom is -0.392 e. The Kier molecular flexibility index (Phi) is 4.07. The number of aliphatic hydroxyl groups excluding tert-OH is 1. The highest BCUT2D eigenvalue weighted by atomic mass is 32.2. The Labute approximate surface area is 109 Å². The normalized spacial score (nSPS) is 25.7. The molecule has 0 bridgehead atoms. The summed E-state index contributed by atoms with van der Waals surface area (Å²) in [6, 6.07) is 6.89. The summed E-state index contributed by atoms with van der Waals surface area (Å²) in [6.07, 6.45) is 3.25. The van der Waals surface area contributed by atoms with Crippen molar-refractivity contribution in [3.8, 4) is 0 Å². The highest BCUT2D eigenvalue weighted by molar-refractivity contribution is 7.92. The lowest BCUT2D eigenvalue weighted by molar-refractivity contribution is 0.160. The fraction of sp³-hybridized carbons (Fsp3) is 0.571. The van der Waals surface area contributed by atoms with Crippen molar-refractivity contribution >= 4 is 9.84 Å². The van der Waals surface area contributed by atoms with Gasteiger partial charge in [0.05, 0.1) is 16.2 Å². The summed E-state index contributed by atoms with van der Waals surface area (Å²) >= 11 is 0. The zero-order chi connectivity index (χ0) is 13.2. The van der Waals surface area contributed by atoms with Gasteiger partial charge in [0.15, 0.2) is 9.84 Å². The molecule has 1 saturated carbocycles. The average molecular weight is 268 g/mol. The first-order valence-corrected chi connectivity index (χ1v) is 8.05. The number of sulfone groups is 1. The van der Waals surface area contributed by atoms with E-state index in [1.165, 1.54) is 0 Å². The molecule has 0 radical (unpaired) electrons. The Morgan fingerprint density at radius 2 is 1.67 bits per heavy atom. The van der Waals surface area contributed by atoms with E-state index >= 15 is 0 Å². The van der Waals surface area contributed by atoms with Gasteiger partial charge in [-0.1, -0.05) is 37.0 Å². The van der Waals surface area contributed by atoms with Gasteiger partial charge in [0.2, 0.25) is 0 Å². The lowest BCUT2D eigenvalue weighted by atomic mass is 10.1. The molecule has 0 aliphatic heterocycles. The first kappa shape index (κ1) is 13.6. The number of rotatable bonds is 2. The Balaban J connectivity index is 2.31. The van der Waals surface area contributed by atoms with E-state index in [9.17, 15) is 13.5 Å². The van der Waals surface area contributed by atoms with E-state index < -0.39 is 21.2 Å². The molecule has 18 heavy (non-hydrogen) atoms. The molecule has 2 atom stereocenters. The van der Waals surface area contributed by atoms with Crippen LogP contribution in [0.5, 0.6) is 0 Å². The molecule has 4 heteroatoms. The fourth-order valence-corrected chi connectivity index (χ4v) is 4.41. The first-order chi connectivity index (χ1) is 8.51. The second-order valence-electron chi connectivity index (χ2n) is 5.10. The molecule has 0 saturated heterocycles. The third kappa shape index (κ3) is 2.75. The molecule has 1 fully saturated rings. The van der Waals surface area contributed by atoms with Gasteiger partial charge in [-0.15, -0.1) is 0 Å². The molecule has 3 nitrogen and oxygen atoms in total. The zero-order valence-electron chi connectivity index (χ0n) is 10.7. The minimum absolute atomic E-state index is 0.332. The molecule has 0 heterocycles. The minimum atomic E-state index is -3.40. The molecule has 1 aliphatic carbocycles. The molecular formula is C14H20O3S. The van der Waals surface area contributed by atoms with Gasteiger partial charge < -0.3 is 5.11 Å². The highest BCUT2D eigenvalue weighted by Gasteiger charge is 2.34. The molecule has 0 amide bonds. The van der Waals surface area contributed by atoms with E-state index in [1.807, 2.05) is 6.92 Å². The van der Waals surface area contributed by atoms with E-state index in [0.29, 0.717) is 17.7 Å². The van der Waals surface area contributed by atoms with Crippen molar-refractivity contribution in [3.63, 3.8) is 0 Å². The molecular weight excluding hydrogens is 248 g/mol. The average Bonchev–Trinajstić information content (AvgIpc) is 2.55. The van der Waals surface area contributed by atoms with Crippen LogP contribution < -0.4 is 0 Å². The van der Waals surface area contributed by atoms with Gasteiger partial charge in [-0.25, -0.2) is 8.42 Å².